The first-order chi connectivity index (χ1) is 8.01. The topological polar surface area (TPSA) is 29.3 Å². The summed E-state index contributed by atoms with van der Waals surface area (Å²) in [4.78, 5) is 2.22. The average Bonchev–Trinajstić information content (AvgIpc) is 2.33. The van der Waals surface area contributed by atoms with Crippen molar-refractivity contribution in [3.05, 3.63) is 35.1 Å². The lowest BCUT2D eigenvalue weighted by Crippen LogP contribution is -2.37. The summed E-state index contributed by atoms with van der Waals surface area (Å²) >= 11 is 0. The molecule has 0 saturated carbocycles. The fourth-order valence-corrected chi connectivity index (χ4v) is 2.08. The van der Waals surface area contributed by atoms with Crippen LogP contribution < -0.4 is 5.73 Å². The maximum Gasteiger partial charge on any atom is 0.123 e. The van der Waals surface area contributed by atoms with Crippen LogP contribution in [0.15, 0.2) is 18.2 Å². The van der Waals surface area contributed by atoms with Crippen molar-refractivity contribution in [3.63, 3.8) is 0 Å². The molecule has 1 aromatic carbocycles. The number of aryl methyl sites for hydroxylation is 1. The number of hydrogen-bond donors (Lipinski definition) is 1. The molecule has 0 amide bonds. The van der Waals surface area contributed by atoms with Gasteiger partial charge in [0.2, 0.25) is 0 Å². The summed E-state index contributed by atoms with van der Waals surface area (Å²) in [5, 5.41) is 0. The fourth-order valence-electron chi connectivity index (χ4n) is 2.08. The van der Waals surface area contributed by atoms with Gasteiger partial charge in [0, 0.05) is 18.6 Å². The molecule has 96 valence electrons. The minimum atomic E-state index is -0.193. The van der Waals surface area contributed by atoms with Crippen molar-refractivity contribution in [2.75, 3.05) is 13.6 Å². The molecular formula is C14H23FN2. The van der Waals surface area contributed by atoms with Crippen molar-refractivity contribution >= 4 is 0 Å². The number of rotatable bonds is 5. The quantitative estimate of drug-likeness (QED) is 0.854. The molecule has 0 aliphatic carbocycles. The van der Waals surface area contributed by atoms with Crippen molar-refractivity contribution in [2.24, 2.45) is 5.73 Å². The first-order valence-electron chi connectivity index (χ1n) is 6.19. The molecule has 17 heavy (non-hydrogen) atoms. The molecule has 0 aliphatic heterocycles. The van der Waals surface area contributed by atoms with Crippen LogP contribution in [0.25, 0.3) is 0 Å². The summed E-state index contributed by atoms with van der Waals surface area (Å²) in [6.45, 7) is 6.82. The summed E-state index contributed by atoms with van der Waals surface area (Å²) in [6, 6.07) is 5.44. The highest BCUT2D eigenvalue weighted by Crippen LogP contribution is 2.25. The zero-order valence-corrected chi connectivity index (χ0v) is 11.2. The highest BCUT2D eigenvalue weighted by molar-refractivity contribution is 5.30. The predicted molar refractivity (Wildman–Crippen MR) is 70.4 cm³/mol. The maximum absolute atomic E-state index is 13.3. The first-order valence-corrected chi connectivity index (χ1v) is 6.19. The monoisotopic (exact) mass is 238 g/mol. The second-order valence-electron chi connectivity index (χ2n) is 4.68. The molecule has 2 nitrogen and oxygen atoms in total. The number of benzene rings is 1. The second kappa shape index (κ2) is 6.12. The fraction of sp³-hybridized carbons (Fsp3) is 0.571. The van der Waals surface area contributed by atoms with E-state index in [0.717, 1.165) is 17.5 Å². The van der Waals surface area contributed by atoms with Gasteiger partial charge in [-0.3, -0.25) is 4.90 Å². The summed E-state index contributed by atoms with van der Waals surface area (Å²) in [5.41, 5.74) is 7.94. The maximum atomic E-state index is 13.3. The third-order valence-corrected chi connectivity index (χ3v) is 3.60. The van der Waals surface area contributed by atoms with Crippen LogP contribution >= 0.6 is 0 Å². The van der Waals surface area contributed by atoms with E-state index in [1.807, 2.05) is 13.0 Å². The summed E-state index contributed by atoms with van der Waals surface area (Å²) in [7, 11) is 2.05. The average molecular weight is 238 g/mol. The van der Waals surface area contributed by atoms with Crippen LogP contribution in [0.5, 0.6) is 0 Å². The van der Waals surface area contributed by atoms with Crippen molar-refractivity contribution in [1.82, 2.24) is 4.90 Å². The number of halogens is 1. The van der Waals surface area contributed by atoms with Gasteiger partial charge in [0.1, 0.15) is 5.82 Å². The first kappa shape index (κ1) is 14.1. The lowest BCUT2D eigenvalue weighted by atomic mass is 9.98. The zero-order valence-electron chi connectivity index (χ0n) is 11.2. The molecule has 0 fully saturated rings. The van der Waals surface area contributed by atoms with E-state index in [0.29, 0.717) is 12.6 Å². The lowest BCUT2D eigenvalue weighted by molar-refractivity contribution is 0.184. The Hall–Kier alpha value is -0.930. The largest absolute Gasteiger partial charge is 0.329 e. The molecule has 0 spiro atoms. The third-order valence-electron chi connectivity index (χ3n) is 3.60. The van der Waals surface area contributed by atoms with E-state index in [2.05, 4.69) is 25.8 Å². The van der Waals surface area contributed by atoms with Gasteiger partial charge in [0.25, 0.3) is 0 Å². The van der Waals surface area contributed by atoms with Crippen molar-refractivity contribution in [2.45, 2.75) is 39.3 Å². The third kappa shape index (κ3) is 3.27. The van der Waals surface area contributed by atoms with E-state index in [9.17, 15) is 4.39 Å². The highest BCUT2D eigenvalue weighted by Gasteiger charge is 2.21. The van der Waals surface area contributed by atoms with Crippen LogP contribution in [0.4, 0.5) is 4.39 Å². The molecule has 0 heterocycles. The van der Waals surface area contributed by atoms with Gasteiger partial charge in [-0.15, -0.1) is 0 Å². The van der Waals surface area contributed by atoms with E-state index >= 15 is 0 Å². The van der Waals surface area contributed by atoms with Crippen LogP contribution in [0, 0.1) is 12.7 Å². The minimum absolute atomic E-state index is 0.0839. The van der Waals surface area contributed by atoms with Crippen LogP contribution in [0.3, 0.4) is 0 Å². The molecule has 1 aromatic rings. The van der Waals surface area contributed by atoms with Gasteiger partial charge in [-0.1, -0.05) is 13.0 Å². The molecular weight excluding hydrogens is 215 g/mol. The molecule has 2 N–H and O–H groups in total. The van der Waals surface area contributed by atoms with Crippen LogP contribution in [-0.4, -0.2) is 24.5 Å². The second-order valence-corrected chi connectivity index (χ2v) is 4.68. The number of nitrogens with two attached hydrogens (primary N) is 1. The zero-order chi connectivity index (χ0) is 13.0. The van der Waals surface area contributed by atoms with Gasteiger partial charge >= 0.3 is 0 Å². The van der Waals surface area contributed by atoms with Crippen LogP contribution in [0.2, 0.25) is 0 Å². The van der Waals surface area contributed by atoms with Crippen LogP contribution in [-0.2, 0) is 0 Å². The Morgan fingerprint density at radius 1 is 1.41 bits per heavy atom. The van der Waals surface area contributed by atoms with Crippen molar-refractivity contribution in [1.29, 1.82) is 0 Å². The molecule has 0 saturated heterocycles. The van der Waals surface area contributed by atoms with E-state index in [-0.39, 0.29) is 11.9 Å². The van der Waals surface area contributed by atoms with E-state index < -0.39 is 0 Å². The number of likely N-dealkylation sites (N-methyl/N-ethyl adjacent to an activating group) is 1. The van der Waals surface area contributed by atoms with Gasteiger partial charge in [-0.05, 0) is 50.6 Å². The normalized spacial score (nSPS) is 15.0. The van der Waals surface area contributed by atoms with Crippen molar-refractivity contribution in [3.8, 4) is 0 Å². The molecule has 0 aromatic heterocycles. The highest BCUT2D eigenvalue weighted by atomic mass is 19.1. The van der Waals surface area contributed by atoms with E-state index in [1.54, 1.807) is 6.07 Å². The summed E-state index contributed by atoms with van der Waals surface area (Å²) in [5.74, 6) is -0.193. The number of hydrogen-bond acceptors (Lipinski definition) is 2. The van der Waals surface area contributed by atoms with Gasteiger partial charge in [0.05, 0.1) is 0 Å². The molecule has 0 radical (unpaired) electrons. The standard InChI is InChI=1S/C14H23FN2/c1-5-11(3)17(4)14(9-16)13-8-12(15)7-6-10(13)2/h6-8,11,14H,5,9,16H2,1-4H3. The van der Waals surface area contributed by atoms with Crippen molar-refractivity contribution < 1.29 is 4.39 Å². The molecule has 2 atom stereocenters. The molecule has 3 heteroatoms. The van der Waals surface area contributed by atoms with Gasteiger partial charge in [-0.25, -0.2) is 4.39 Å². The Kier molecular flexibility index (Phi) is 5.09. The van der Waals surface area contributed by atoms with Gasteiger partial charge in [0.15, 0.2) is 0 Å². The van der Waals surface area contributed by atoms with Gasteiger partial charge < -0.3 is 5.73 Å². The Bertz CT molecular complexity index is 365. The Morgan fingerprint density at radius 3 is 2.59 bits per heavy atom. The van der Waals surface area contributed by atoms with Crippen LogP contribution in [0.1, 0.15) is 37.4 Å². The van der Waals surface area contributed by atoms with E-state index in [1.165, 1.54) is 6.07 Å². The van der Waals surface area contributed by atoms with Gasteiger partial charge in [-0.2, -0.15) is 0 Å². The molecule has 0 bridgehead atoms. The predicted octanol–water partition coefficient (Wildman–Crippen LogP) is 2.86. The molecule has 1 rings (SSSR count). The Morgan fingerprint density at radius 2 is 2.06 bits per heavy atom. The summed E-state index contributed by atoms with van der Waals surface area (Å²) < 4.78 is 13.3. The lowest BCUT2D eigenvalue weighted by Gasteiger charge is -2.33. The Labute approximate surface area is 104 Å². The van der Waals surface area contributed by atoms with E-state index in [4.69, 9.17) is 5.73 Å². The molecule has 2 unspecified atom stereocenters. The minimum Gasteiger partial charge on any atom is -0.329 e. The summed E-state index contributed by atoms with van der Waals surface area (Å²) in [6.07, 6.45) is 1.06. The Balaban J connectivity index is 3.04. The molecule has 0 aliphatic rings. The smallest absolute Gasteiger partial charge is 0.123 e. The number of nitrogens with zero attached hydrogens (tertiary/aromatic N) is 1. The SMILES string of the molecule is CCC(C)N(C)C(CN)c1cc(F)ccc1C.